The molecule has 2 saturated heterocycles. The van der Waals surface area contributed by atoms with Gasteiger partial charge in [0, 0.05) is 32.2 Å². The fourth-order valence-electron chi connectivity index (χ4n) is 3.98. The molecule has 1 aromatic heterocycles. The summed E-state index contributed by atoms with van der Waals surface area (Å²) in [5.74, 6) is -0.488. The third-order valence-corrected chi connectivity index (χ3v) is 7.31. The van der Waals surface area contributed by atoms with Crippen LogP contribution in [-0.2, 0) is 17.1 Å². The molecule has 0 N–H and O–H groups in total. The van der Waals surface area contributed by atoms with Crippen molar-refractivity contribution in [2.75, 3.05) is 26.2 Å². The number of nitrogens with zero attached hydrogens (tertiary/aromatic N) is 3. The second-order valence-corrected chi connectivity index (χ2v) is 8.87. The van der Waals surface area contributed by atoms with Crippen molar-refractivity contribution >= 4 is 21.1 Å². The van der Waals surface area contributed by atoms with E-state index < -0.39 is 15.8 Å². The predicted molar refractivity (Wildman–Crippen MR) is 94.0 cm³/mol. The Kier molecular flexibility index (Phi) is 4.21. The Labute approximate surface area is 146 Å². The van der Waals surface area contributed by atoms with E-state index in [4.69, 9.17) is 4.42 Å². The first-order valence-electron chi connectivity index (χ1n) is 8.80. The van der Waals surface area contributed by atoms with Crippen LogP contribution >= 0.6 is 0 Å². The van der Waals surface area contributed by atoms with E-state index in [9.17, 15) is 13.2 Å². The van der Waals surface area contributed by atoms with Crippen molar-refractivity contribution in [2.45, 2.75) is 36.6 Å². The van der Waals surface area contributed by atoms with Crippen LogP contribution in [0.15, 0.2) is 32.3 Å². The fourth-order valence-corrected chi connectivity index (χ4v) is 5.68. The van der Waals surface area contributed by atoms with Crippen LogP contribution in [0.5, 0.6) is 0 Å². The Bertz CT molecular complexity index is 940. The van der Waals surface area contributed by atoms with Crippen molar-refractivity contribution in [2.24, 2.45) is 7.05 Å². The summed E-state index contributed by atoms with van der Waals surface area (Å²) in [6.45, 7) is 3.48. The highest BCUT2D eigenvalue weighted by atomic mass is 32.2. The molecule has 0 aliphatic carbocycles. The van der Waals surface area contributed by atoms with Crippen LogP contribution in [0.4, 0.5) is 0 Å². The lowest BCUT2D eigenvalue weighted by Crippen LogP contribution is -2.42. The molecule has 8 heteroatoms. The molecule has 25 heavy (non-hydrogen) atoms. The summed E-state index contributed by atoms with van der Waals surface area (Å²) in [6, 6.07) is 4.70. The normalized spacial score (nSPS) is 23.0. The maximum atomic E-state index is 13.1. The van der Waals surface area contributed by atoms with Gasteiger partial charge in [0.1, 0.15) is 0 Å². The van der Waals surface area contributed by atoms with Gasteiger partial charge < -0.3 is 9.32 Å². The second kappa shape index (κ2) is 6.26. The zero-order valence-corrected chi connectivity index (χ0v) is 15.2. The van der Waals surface area contributed by atoms with Crippen LogP contribution in [0, 0.1) is 0 Å². The van der Waals surface area contributed by atoms with Gasteiger partial charge in [0.25, 0.3) is 0 Å². The minimum absolute atomic E-state index is 0.0292. The predicted octanol–water partition coefficient (Wildman–Crippen LogP) is 1.38. The molecule has 7 nitrogen and oxygen atoms in total. The van der Waals surface area contributed by atoms with E-state index in [0.29, 0.717) is 17.6 Å². The number of sulfonamides is 1. The molecule has 1 aromatic carbocycles. The number of rotatable bonds is 4. The second-order valence-electron chi connectivity index (χ2n) is 6.98. The quantitative estimate of drug-likeness (QED) is 0.818. The maximum absolute atomic E-state index is 13.1. The molecule has 3 heterocycles. The molecule has 2 aromatic rings. The van der Waals surface area contributed by atoms with Crippen LogP contribution in [0.25, 0.3) is 11.1 Å². The van der Waals surface area contributed by atoms with Crippen molar-refractivity contribution in [1.29, 1.82) is 0 Å². The zero-order valence-electron chi connectivity index (χ0n) is 14.3. The molecule has 2 aliphatic heterocycles. The standard InChI is InChI=1S/C17H23N3O4S/c1-18-15-7-6-14(11-16(15)24-17(18)21)25(22,23)20-10-4-5-13(20)12-19-8-2-3-9-19/h6-7,11,13H,2-5,8-10,12H2,1H3. The lowest BCUT2D eigenvalue weighted by molar-refractivity contribution is 0.257. The Morgan fingerprint density at radius 2 is 1.92 bits per heavy atom. The van der Waals surface area contributed by atoms with Gasteiger partial charge in [0.05, 0.1) is 10.4 Å². The summed E-state index contributed by atoms with van der Waals surface area (Å²) in [7, 11) is -1.98. The van der Waals surface area contributed by atoms with Gasteiger partial charge >= 0.3 is 5.76 Å². The number of aromatic nitrogens is 1. The molecule has 0 bridgehead atoms. The van der Waals surface area contributed by atoms with E-state index >= 15 is 0 Å². The van der Waals surface area contributed by atoms with Gasteiger partial charge in [-0.05, 0) is 50.9 Å². The van der Waals surface area contributed by atoms with Crippen LogP contribution < -0.4 is 5.76 Å². The van der Waals surface area contributed by atoms with Crippen LogP contribution in [0.1, 0.15) is 25.7 Å². The highest BCUT2D eigenvalue weighted by Gasteiger charge is 2.36. The van der Waals surface area contributed by atoms with Gasteiger partial charge in [0.2, 0.25) is 10.0 Å². The summed E-state index contributed by atoms with van der Waals surface area (Å²) in [4.78, 5) is 14.2. The summed E-state index contributed by atoms with van der Waals surface area (Å²) in [6.07, 6.45) is 4.19. The lowest BCUT2D eigenvalue weighted by Gasteiger charge is -2.27. The monoisotopic (exact) mass is 365 g/mol. The summed E-state index contributed by atoms with van der Waals surface area (Å²) in [5, 5.41) is 0. The molecule has 1 atom stereocenters. The number of aryl methyl sites for hydroxylation is 1. The number of benzene rings is 1. The number of oxazole rings is 1. The molecule has 4 rings (SSSR count). The molecule has 0 radical (unpaired) electrons. The molecular weight excluding hydrogens is 342 g/mol. The minimum Gasteiger partial charge on any atom is -0.408 e. The van der Waals surface area contributed by atoms with E-state index in [2.05, 4.69) is 4.90 Å². The maximum Gasteiger partial charge on any atom is 0.419 e. The van der Waals surface area contributed by atoms with Crippen LogP contribution in [0.3, 0.4) is 0 Å². The Morgan fingerprint density at radius 3 is 2.68 bits per heavy atom. The number of hydrogen-bond donors (Lipinski definition) is 0. The molecule has 2 fully saturated rings. The van der Waals surface area contributed by atoms with Gasteiger partial charge in [-0.25, -0.2) is 13.2 Å². The van der Waals surface area contributed by atoms with Crippen molar-refractivity contribution in [3.8, 4) is 0 Å². The molecular formula is C17H23N3O4S. The lowest BCUT2D eigenvalue weighted by atomic mass is 10.2. The molecule has 2 aliphatic rings. The summed E-state index contributed by atoms with van der Waals surface area (Å²) < 4.78 is 34.4. The molecule has 0 saturated carbocycles. The van der Waals surface area contributed by atoms with Gasteiger partial charge in [-0.1, -0.05) is 0 Å². The topological polar surface area (TPSA) is 75.8 Å². The largest absolute Gasteiger partial charge is 0.419 e. The number of fused-ring (bicyclic) bond motifs is 1. The zero-order chi connectivity index (χ0) is 17.6. The average Bonchev–Trinajstić information content (AvgIpc) is 3.31. The minimum atomic E-state index is -3.59. The van der Waals surface area contributed by atoms with Crippen molar-refractivity contribution in [3.05, 3.63) is 28.7 Å². The number of likely N-dealkylation sites (tertiary alicyclic amines) is 1. The summed E-state index contributed by atoms with van der Waals surface area (Å²) >= 11 is 0. The Morgan fingerprint density at radius 1 is 1.16 bits per heavy atom. The van der Waals surface area contributed by atoms with Gasteiger partial charge in [-0.15, -0.1) is 0 Å². The number of hydrogen-bond acceptors (Lipinski definition) is 5. The average molecular weight is 365 g/mol. The van der Waals surface area contributed by atoms with Gasteiger partial charge in [-0.2, -0.15) is 4.31 Å². The summed E-state index contributed by atoms with van der Waals surface area (Å²) in [5.41, 5.74) is 0.905. The van der Waals surface area contributed by atoms with E-state index in [-0.39, 0.29) is 10.9 Å². The Hall–Kier alpha value is -1.64. The molecule has 0 spiro atoms. The van der Waals surface area contributed by atoms with Gasteiger partial charge in [-0.3, -0.25) is 4.57 Å². The van der Waals surface area contributed by atoms with Crippen molar-refractivity contribution in [3.63, 3.8) is 0 Å². The van der Waals surface area contributed by atoms with E-state index in [1.807, 2.05) is 0 Å². The van der Waals surface area contributed by atoms with Gasteiger partial charge in [0.15, 0.2) is 5.58 Å². The third kappa shape index (κ3) is 2.92. The van der Waals surface area contributed by atoms with Crippen molar-refractivity contribution in [1.82, 2.24) is 13.8 Å². The van der Waals surface area contributed by atoms with E-state index in [0.717, 1.165) is 32.5 Å². The third-order valence-electron chi connectivity index (χ3n) is 5.36. The van der Waals surface area contributed by atoms with Crippen LogP contribution in [-0.4, -0.2) is 54.4 Å². The smallest absolute Gasteiger partial charge is 0.408 e. The highest BCUT2D eigenvalue weighted by Crippen LogP contribution is 2.29. The molecule has 136 valence electrons. The van der Waals surface area contributed by atoms with E-state index in [1.165, 1.54) is 23.5 Å². The fraction of sp³-hybridized carbons (Fsp3) is 0.588. The first-order valence-corrected chi connectivity index (χ1v) is 10.2. The van der Waals surface area contributed by atoms with Crippen molar-refractivity contribution < 1.29 is 12.8 Å². The first-order chi connectivity index (χ1) is 12.0. The van der Waals surface area contributed by atoms with Crippen LogP contribution in [0.2, 0.25) is 0 Å². The SMILES string of the molecule is Cn1c(=O)oc2cc(S(=O)(=O)N3CCCC3CN3CCCC3)ccc21. The molecule has 0 amide bonds. The highest BCUT2D eigenvalue weighted by molar-refractivity contribution is 7.89. The van der Waals surface area contributed by atoms with E-state index in [1.54, 1.807) is 23.5 Å². The Balaban J connectivity index is 1.64. The first kappa shape index (κ1) is 16.8. The molecule has 1 unspecified atom stereocenters.